The largest absolute Gasteiger partial charge is 0.444 e. The third-order valence-electron chi connectivity index (χ3n) is 4.40. The number of nitrogens with zero attached hydrogens (tertiary/aromatic N) is 1. The van der Waals surface area contributed by atoms with Crippen molar-refractivity contribution >= 4 is 22.0 Å². The fourth-order valence-electron chi connectivity index (χ4n) is 3.02. The van der Waals surface area contributed by atoms with Crippen molar-refractivity contribution in [3.8, 4) is 22.4 Å². The van der Waals surface area contributed by atoms with Crippen LogP contribution in [0.1, 0.15) is 26.5 Å². The van der Waals surface area contributed by atoms with Gasteiger partial charge >= 0.3 is 6.09 Å². The number of ether oxygens (including phenoxy) is 1. The van der Waals surface area contributed by atoms with E-state index in [1.165, 1.54) is 12.1 Å². The van der Waals surface area contributed by atoms with Gasteiger partial charge in [-0.25, -0.2) is 17.9 Å². The van der Waals surface area contributed by atoms with Gasteiger partial charge < -0.3 is 14.6 Å². The van der Waals surface area contributed by atoms with E-state index < -0.39 is 34.2 Å². The summed E-state index contributed by atoms with van der Waals surface area (Å²) < 4.78 is 37.4. The van der Waals surface area contributed by atoms with Crippen LogP contribution in [0.25, 0.3) is 22.4 Å². The molecule has 0 fully saturated rings. The van der Waals surface area contributed by atoms with Crippen LogP contribution in [0.2, 0.25) is 0 Å². The van der Waals surface area contributed by atoms with Gasteiger partial charge in [-0.15, -0.1) is 0 Å². The number of sulfonamides is 1. The lowest BCUT2D eigenvalue weighted by Crippen LogP contribution is -2.41. The normalized spacial score (nSPS) is 11.6. The summed E-state index contributed by atoms with van der Waals surface area (Å²) in [6.45, 7) is 6.24. The molecule has 0 aliphatic rings. The molecular weight excluding hydrogens is 446 g/mol. The molecule has 2 aromatic carbocycles. The van der Waals surface area contributed by atoms with E-state index >= 15 is 0 Å². The Bertz CT molecular complexity index is 1240. The number of carbonyl (C=O) groups excluding carboxylic acids is 2. The first-order chi connectivity index (χ1) is 15.5. The van der Waals surface area contributed by atoms with Crippen molar-refractivity contribution in [2.45, 2.75) is 38.2 Å². The van der Waals surface area contributed by atoms with E-state index in [4.69, 9.17) is 9.26 Å². The van der Waals surface area contributed by atoms with Crippen molar-refractivity contribution in [3.05, 3.63) is 60.4 Å². The highest BCUT2D eigenvalue weighted by molar-refractivity contribution is 7.90. The van der Waals surface area contributed by atoms with Crippen LogP contribution in [0, 0.1) is 6.92 Å². The minimum Gasteiger partial charge on any atom is -0.444 e. The minimum absolute atomic E-state index is 0.104. The monoisotopic (exact) mass is 471 g/mol. The van der Waals surface area contributed by atoms with Crippen molar-refractivity contribution in [1.29, 1.82) is 0 Å². The molecule has 10 heteroatoms. The SMILES string of the molecule is Cc1onc(-c2ccccc2)c1-c1ccc(S(=O)(=O)NC(=O)CNC(=O)OC(C)(C)C)cc1. The molecule has 3 aromatic rings. The van der Waals surface area contributed by atoms with E-state index in [0.717, 1.165) is 11.1 Å². The van der Waals surface area contributed by atoms with Gasteiger partial charge in [0.25, 0.3) is 15.9 Å². The molecular formula is C23H25N3O6S. The highest BCUT2D eigenvalue weighted by Gasteiger charge is 2.21. The Balaban J connectivity index is 1.72. The summed E-state index contributed by atoms with van der Waals surface area (Å²) in [4.78, 5) is 23.5. The standard InChI is InChI=1S/C23H25N3O6S/c1-15-20(21(25-32-15)17-8-6-5-7-9-17)16-10-12-18(13-11-16)33(29,30)26-19(27)14-24-22(28)31-23(2,3)4/h5-13H,14H2,1-4H3,(H,24,28)(H,26,27). The molecule has 33 heavy (non-hydrogen) atoms. The van der Waals surface area contributed by atoms with Crippen molar-refractivity contribution in [3.63, 3.8) is 0 Å². The maximum Gasteiger partial charge on any atom is 0.408 e. The van der Waals surface area contributed by atoms with Gasteiger partial charge in [0.1, 0.15) is 23.6 Å². The van der Waals surface area contributed by atoms with Gasteiger partial charge in [-0.2, -0.15) is 0 Å². The van der Waals surface area contributed by atoms with Gasteiger partial charge in [-0.05, 0) is 45.4 Å². The van der Waals surface area contributed by atoms with E-state index in [-0.39, 0.29) is 4.90 Å². The summed E-state index contributed by atoms with van der Waals surface area (Å²) in [5.74, 6) is -0.308. The number of rotatable bonds is 6. The molecule has 3 rings (SSSR count). The van der Waals surface area contributed by atoms with E-state index in [1.807, 2.05) is 35.1 Å². The van der Waals surface area contributed by atoms with E-state index in [0.29, 0.717) is 17.0 Å². The topological polar surface area (TPSA) is 128 Å². The van der Waals surface area contributed by atoms with Gasteiger partial charge in [0.05, 0.1) is 10.5 Å². The third-order valence-corrected chi connectivity index (χ3v) is 5.79. The van der Waals surface area contributed by atoms with Crippen LogP contribution in [-0.4, -0.2) is 37.7 Å². The van der Waals surface area contributed by atoms with Crippen LogP contribution in [-0.2, 0) is 19.6 Å². The maximum absolute atomic E-state index is 12.6. The van der Waals surface area contributed by atoms with Gasteiger partial charge in [-0.1, -0.05) is 47.6 Å². The molecule has 0 saturated carbocycles. The van der Waals surface area contributed by atoms with Crippen LogP contribution in [0.5, 0.6) is 0 Å². The molecule has 9 nitrogen and oxygen atoms in total. The Morgan fingerprint density at radius 2 is 1.64 bits per heavy atom. The van der Waals surface area contributed by atoms with Gasteiger partial charge in [-0.3, -0.25) is 4.79 Å². The van der Waals surface area contributed by atoms with Crippen molar-refractivity contribution in [2.24, 2.45) is 0 Å². The smallest absolute Gasteiger partial charge is 0.408 e. The highest BCUT2D eigenvalue weighted by atomic mass is 32.2. The number of hydrogen-bond acceptors (Lipinski definition) is 7. The number of hydrogen-bond donors (Lipinski definition) is 2. The Hall–Kier alpha value is -3.66. The molecule has 0 bridgehead atoms. The van der Waals surface area contributed by atoms with Crippen LogP contribution in [0.4, 0.5) is 4.79 Å². The Morgan fingerprint density at radius 1 is 1.00 bits per heavy atom. The summed E-state index contributed by atoms with van der Waals surface area (Å²) in [5.41, 5.74) is 2.23. The first-order valence-electron chi connectivity index (χ1n) is 10.1. The summed E-state index contributed by atoms with van der Waals surface area (Å²) in [6.07, 6.45) is -0.822. The molecule has 0 aliphatic heterocycles. The van der Waals surface area contributed by atoms with Crippen LogP contribution >= 0.6 is 0 Å². The lowest BCUT2D eigenvalue weighted by Gasteiger charge is -2.19. The average Bonchev–Trinajstić information content (AvgIpc) is 3.13. The number of alkyl carbamates (subject to hydrolysis) is 1. The van der Waals surface area contributed by atoms with Gasteiger partial charge in [0, 0.05) is 5.56 Å². The van der Waals surface area contributed by atoms with Gasteiger partial charge in [0.15, 0.2) is 0 Å². The number of carbonyl (C=O) groups is 2. The zero-order chi connectivity index (χ0) is 24.2. The maximum atomic E-state index is 12.6. The summed E-state index contributed by atoms with van der Waals surface area (Å²) in [7, 11) is -4.13. The predicted molar refractivity (Wildman–Crippen MR) is 122 cm³/mol. The molecule has 0 unspecified atom stereocenters. The number of benzene rings is 2. The molecule has 0 atom stereocenters. The number of amides is 2. The quantitative estimate of drug-likeness (QED) is 0.562. The molecule has 174 valence electrons. The Kier molecular flexibility index (Phi) is 6.87. The average molecular weight is 472 g/mol. The Morgan fingerprint density at radius 3 is 2.24 bits per heavy atom. The zero-order valence-electron chi connectivity index (χ0n) is 18.7. The fraction of sp³-hybridized carbons (Fsp3) is 0.261. The third kappa shape index (κ3) is 6.19. The van der Waals surface area contributed by atoms with Gasteiger partial charge in [0.2, 0.25) is 0 Å². The highest BCUT2D eigenvalue weighted by Crippen LogP contribution is 2.34. The molecule has 0 radical (unpaired) electrons. The lowest BCUT2D eigenvalue weighted by molar-refractivity contribution is -0.118. The zero-order valence-corrected chi connectivity index (χ0v) is 19.5. The van der Waals surface area contributed by atoms with Crippen molar-refractivity contribution in [1.82, 2.24) is 15.2 Å². The summed E-state index contributed by atoms with van der Waals surface area (Å²) in [6, 6.07) is 15.5. The number of nitrogens with one attached hydrogen (secondary N) is 2. The molecule has 2 N–H and O–H groups in total. The summed E-state index contributed by atoms with van der Waals surface area (Å²) >= 11 is 0. The van der Waals surface area contributed by atoms with Crippen molar-refractivity contribution in [2.75, 3.05) is 6.54 Å². The number of aryl methyl sites for hydroxylation is 1. The van der Waals surface area contributed by atoms with E-state index in [9.17, 15) is 18.0 Å². The van der Waals surface area contributed by atoms with E-state index in [2.05, 4.69) is 10.5 Å². The predicted octanol–water partition coefficient (Wildman–Crippen LogP) is 3.65. The second-order valence-corrected chi connectivity index (χ2v) is 9.92. The van der Waals surface area contributed by atoms with Crippen molar-refractivity contribution < 1.29 is 27.3 Å². The second-order valence-electron chi connectivity index (χ2n) is 8.24. The van der Waals surface area contributed by atoms with E-state index in [1.54, 1.807) is 39.8 Å². The number of aromatic nitrogens is 1. The molecule has 0 saturated heterocycles. The molecule has 0 aliphatic carbocycles. The fourth-order valence-corrected chi connectivity index (χ4v) is 4.00. The van der Waals surface area contributed by atoms with Crippen LogP contribution in [0.3, 0.4) is 0 Å². The van der Waals surface area contributed by atoms with Crippen LogP contribution in [0.15, 0.2) is 64.0 Å². The first kappa shape index (κ1) is 24.0. The molecule has 2 amide bonds. The lowest BCUT2D eigenvalue weighted by atomic mass is 10.00. The minimum atomic E-state index is -4.13. The molecule has 1 aromatic heterocycles. The second kappa shape index (κ2) is 9.45. The molecule has 0 spiro atoms. The first-order valence-corrected chi connectivity index (χ1v) is 11.6. The van der Waals surface area contributed by atoms with Crippen LogP contribution < -0.4 is 10.0 Å². The Labute approximate surface area is 192 Å². The molecule has 1 heterocycles. The summed E-state index contributed by atoms with van der Waals surface area (Å²) in [5, 5.41) is 6.35.